The Labute approximate surface area is 184 Å². The van der Waals surface area contributed by atoms with Crippen LogP contribution >= 0.6 is 0 Å². The van der Waals surface area contributed by atoms with E-state index in [0.717, 1.165) is 36.4 Å². The molecule has 7 nitrogen and oxygen atoms in total. The van der Waals surface area contributed by atoms with Gasteiger partial charge in [0.15, 0.2) is 6.61 Å². The second-order valence-corrected chi connectivity index (χ2v) is 6.57. The molecule has 0 radical (unpaired) electrons. The van der Waals surface area contributed by atoms with E-state index >= 15 is 0 Å². The van der Waals surface area contributed by atoms with Crippen LogP contribution < -0.4 is 9.75 Å². The predicted molar refractivity (Wildman–Crippen MR) is 112 cm³/mol. The molecule has 0 fully saturated rings. The first kappa shape index (κ1) is 23.4. The summed E-state index contributed by atoms with van der Waals surface area (Å²) in [5.74, 6) is -2.29. The molecule has 0 spiro atoms. The summed E-state index contributed by atoms with van der Waals surface area (Å²) in [4.78, 5) is 23.1. The highest BCUT2D eigenvalue weighted by atomic mass is 19.4. The van der Waals surface area contributed by atoms with Crippen molar-refractivity contribution < 1.29 is 32.0 Å². The Hall–Kier alpha value is -4.28. The Balaban J connectivity index is 1.91. The quantitative estimate of drug-likeness (QED) is 0.210. The molecule has 3 aromatic rings. The van der Waals surface area contributed by atoms with Gasteiger partial charge in [-0.2, -0.15) is 23.3 Å². The van der Waals surface area contributed by atoms with Crippen molar-refractivity contribution in [3.8, 4) is 5.75 Å². The second-order valence-electron chi connectivity index (χ2n) is 6.57. The van der Waals surface area contributed by atoms with Gasteiger partial charge in [-0.05, 0) is 29.8 Å². The third-order valence-corrected chi connectivity index (χ3v) is 4.25. The minimum Gasteiger partial charge on any atom is -0.477 e. The van der Waals surface area contributed by atoms with E-state index in [0.29, 0.717) is 10.6 Å². The third-order valence-electron chi connectivity index (χ3n) is 4.25. The van der Waals surface area contributed by atoms with Crippen molar-refractivity contribution in [2.45, 2.75) is 6.18 Å². The van der Waals surface area contributed by atoms with Gasteiger partial charge in [-0.3, -0.25) is 14.9 Å². The molecule has 11 heteroatoms. The van der Waals surface area contributed by atoms with Crippen LogP contribution in [0.3, 0.4) is 0 Å². The minimum absolute atomic E-state index is 0.209. The summed E-state index contributed by atoms with van der Waals surface area (Å²) in [6.45, 7) is -0.854. The average Bonchev–Trinajstić information content (AvgIpc) is 2.78. The number of carbonyl (C=O) groups excluding carboxylic acids is 1. The molecule has 0 unspecified atom stereocenters. The Bertz CT molecular complexity index is 1180. The number of nitro benzene ring substituents is 1. The largest absolute Gasteiger partial charge is 0.477 e. The van der Waals surface area contributed by atoms with E-state index in [1.807, 2.05) is 0 Å². The zero-order chi connectivity index (χ0) is 24.0. The lowest BCUT2D eigenvalue weighted by Crippen LogP contribution is -2.31. The summed E-state index contributed by atoms with van der Waals surface area (Å²) in [5.41, 5.74) is -1.24. The molecule has 0 saturated heterocycles. The van der Waals surface area contributed by atoms with Gasteiger partial charge in [-0.25, -0.2) is 4.39 Å². The van der Waals surface area contributed by atoms with E-state index in [1.165, 1.54) is 12.3 Å². The van der Waals surface area contributed by atoms with Crippen LogP contribution in [0.1, 0.15) is 11.1 Å². The third kappa shape index (κ3) is 6.12. The van der Waals surface area contributed by atoms with Crippen LogP contribution in [0.2, 0.25) is 0 Å². The van der Waals surface area contributed by atoms with Crippen LogP contribution in [0.4, 0.5) is 28.9 Å². The topological polar surface area (TPSA) is 85.0 Å². The number of rotatable bonds is 7. The monoisotopic (exact) mass is 461 g/mol. The van der Waals surface area contributed by atoms with E-state index in [-0.39, 0.29) is 5.69 Å². The number of hydrogen-bond acceptors (Lipinski definition) is 5. The van der Waals surface area contributed by atoms with Crippen LogP contribution in [0.15, 0.2) is 77.9 Å². The van der Waals surface area contributed by atoms with Crippen LogP contribution in [0.25, 0.3) is 0 Å². The highest BCUT2D eigenvalue weighted by Crippen LogP contribution is 2.32. The maximum Gasteiger partial charge on any atom is 0.416 e. The van der Waals surface area contributed by atoms with Gasteiger partial charge in [0.05, 0.1) is 22.4 Å². The van der Waals surface area contributed by atoms with E-state index in [1.54, 1.807) is 30.3 Å². The number of hydrogen-bond donors (Lipinski definition) is 0. The summed E-state index contributed by atoms with van der Waals surface area (Å²) < 4.78 is 58.1. The van der Waals surface area contributed by atoms with Gasteiger partial charge in [0.25, 0.3) is 5.91 Å². The van der Waals surface area contributed by atoms with Crippen LogP contribution in [-0.4, -0.2) is 23.7 Å². The molecule has 0 bridgehead atoms. The number of nitro groups is 1. The highest BCUT2D eigenvalue weighted by molar-refractivity contribution is 5.96. The number of alkyl halides is 3. The number of carbonyl (C=O) groups is 1. The number of amides is 1. The molecule has 170 valence electrons. The van der Waals surface area contributed by atoms with Gasteiger partial charge in [-0.15, -0.1) is 0 Å². The highest BCUT2D eigenvalue weighted by Gasteiger charge is 2.31. The Morgan fingerprint density at radius 3 is 2.45 bits per heavy atom. The lowest BCUT2D eigenvalue weighted by molar-refractivity contribution is -0.385. The molecule has 0 aliphatic carbocycles. The lowest BCUT2D eigenvalue weighted by atomic mass is 10.2. The van der Waals surface area contributed by atoms with Crippen molar-refractivity contribution >= 4 is 23.5 Å². The number of nitrogens with zero attached hydrogens (tertiary/aromatic N) is 3. The fourth-order valence-corrected chi connectivity index (χ4v) is 2.71. The van der Waals surface area contributed by atoms with Crippen molar-refractivity contribution in [1.82, 2.24) is 0 Å². The van der Waals surface area contributed by atoms with Crippen molar-refractivity contribution in [2.24, 2.45) is 5.10 Å². The molecular weight excluding hydrogens is 446 g/mol. The molecule has 0 aliphatic rings. The summed E-state index contributed by atoms with van der Waals surface area (Å²) in [6, 6.07) is 14.8. The van der Waals surface area contributed by atoms with Gasteiger partial charge in [0, 0.05) is 12.1 Å². The number of hydrazone groups is 1. The van der Waals surface area contributed by atoms with Crippen molar-refractivity contribution in [3.63, 3.8) is 0 Å². The van der Waals surface area contributed by atoms with Crippen molar-refractivity contribution in [2.75, 3.05) is 11.6 Å². The first-order chi connectivity index (χ1) is 15.6. The predicted octanol–water partition coefficient (Wildman–Crippen LogP) is 5.20. The average molecular weight is 461 g/mol. The minimum atomic E-state index is -4.66. The Morgan fingerprint density at radius 2 is 1.79 bits per heavy atom. The molecule has 0 atom stereocenters. The van der Waals surface area contributed by atoms with Crippen LogP contribution in [0, 0.1) is 15.9 Å². The molecule has 0 aromatic heterocycles. The van der Waals surface area contributed by atoms with E-state index in [2.05, 4.69) is 5.10 Å². The summed E-state index contributed by atoms with van der Waals surface area (Å²) >= 11 is 0. The zero-order valence-electron chi connectivity index (χ0n) is 16.7. The molecule has 0 saturated carbocycles. The fraction of sp³-hybridized carbons (Fsp3) is 0.0909. The molecule has 1 amide bonds. The molecule has 0 heterocycles. The molecule has 3 rings (SSSR count). The summed E-state index contributed by atoms with van der Waals surface area (Å²) in [5, 5.41) is 15.8. The Morgan fingerprint density at radius 1 is 1.06 bits per heavy atom. The number of benzene rings is 3. The van der Waals surface area contributed by atoms with Crippen molar-refractivity contribution in [1.29, 1.82) is 0 Å². The van der Waals surface area contributed by atoms with E-state index < -0.39 is 46.4 Å². The van der Waals surface area contributed by atoms with Gasteiger partial charge in [0.1, 0.15) is 5.82 Å². The van der Waals surface area contributed by atoms with E-state index in [9.17, 15) is 32.5 Å². The molecular formula is C22H15F4N3O4. The standard InChI is InChI=1S/C22H15F4N3O4/c23-17-9-10-19(29(31)32)20(12-17)33-14-21(30)28(27-13-15-5-2-1-3-6-15)18-8-4-7-16(11-18)22(24,25)26/h1-13H,14H2/b27-13+. The first-order valence-electron chi connectivity index (χ1n) is 9.31. The summed E-state index contributed by atoms with van der Waals surface area (Å²) in [6.07, 6.45) is -3.41. The first-order valence-corrected chi connectivity index (χ1v) is 9.31. The zero-order valence-corrected chi connectivity index (χ0v) is 16.7. The van der Waals surface area contributed by atoms with Crippen LogP contribution in [0.5, 0.6) is 5.75 Å². The second kappa shape index (κ2) is 9.90. The number of halogens is 4. The number of ether oxygens (including phenoxy) is 1. The van der Waals surface area contributed by atoms with Gasteiger partial charge < -0.3 is 4.74 Å². The van der Waals surface area contributed by atoms with Gasteiger partial charge in [-0.1, -0.05) is 36.4 Å². The molecule has 33 heavy (non-hydrogen) atoms. The van der Waals surface area contributed by atoms with Crippen LogP contribution in [-0.2, 0) is 11.0 Å². The number of anilines is 1. The maximum atomic E-state index is 13.5. The van der Waals surface area contributed by atoms with Gasteiger partial charge in [0.2, 0.25) is 5.75 Å². The van der Waals surface area contributed by atoms with Gasteiger partial charge >= 0.3 is 11.9 Å². The molecule has 0 aliphatic heterocycles. The van der Waals surface area contributed by atoms with E-state index in [4.69, 9.17) is 4.74 Å². The normalized spacial score (nSPS) is 11.4. The molecule has 0 N–H and O–H groups in total. The smallest absolute Gasteiger partial charge is 0.416 e. The molecule has 3 aromatic carbocycles. The summed E-state index contributed by atoms with van der Waals surface area (Å²) in [7, 11) is 0. The van der Waals surface area contributed by atoms with Crippen molar-refractivity contribution in [3.05, 3.63) is 99.9 Å². The lowest BCUT2D eigenvalue weighted by Gasteiger charge is -2.19. The SMILES string of the molecule is O=C(COc1cc(F)ccc1[N+](=O)[O-])N(/N=C/c1ccccc1)c1cccc(C(F)(F)F)c1. The fourth-order valence-electron chi connectivity index (χ4n) is 2.71. The maximum absolute atomic E-state index is 13.5. The Kier molecular flexibility index (Phi) is 7.01.